The molecule has 0 aromatic heterocycles. The van der Waals surface area contributed by atoms with Crippen molar-refractivity contribution in [1.82, 2.24) is 4.90 Å². The molecule has 1 atom stereocenters. The average molecular weight is 399 g/mol. The lowest BCUT2D eigenvalue weighted by molar-refractivity contribution is 0.112. The molecule has 0 amide bonds. The normalized spacial score (nSPS) is 12.5. The second-order valence-corrected chi connectivity index (χ2v) is 7.26. The summed E-state index contributed by atoms with van der Waals surface area (Å²) in [6.07, 6.45) is 2.10. The maximum absolute atomic E-state index is 13.0. The van der Waals surface area contributed by atoms with E-state index in [1.807, 2.05) is 12.1 Å². The number of benzene rings is 2. The lowest BCUT2D eigenvalue weighted by Gasteiger charge is -2.25. The Kier molecular flexibility index (Phi) is 8.16. The second-order valence-electron chi connectivity index (χ2n) is 6.44. The topological polar surface area (TPSA) is 49.5 Å². The summed E-state index contributed by atoms with van der Waals surface area (Å²) in [5, 5.41) is 11.3. The number of aryl methyl sites for hydroxylation is 1. The lowest BCUT2D eigenvalue weighted by atomic mass is 10.1. The lowest BCUT2D eigenvalue weighted by Crippen LogP contribution is -2.30. The van der Waals surface area contributed by atoms with Crippen LogP contribution in [0.4, 0.5) is 10.1 Å². The zero-order valence-electron chi connectivity index (χ0n) is 14.9. The minimum atomic E-state index is -0.692. The number of anilines is 1. The van der Waals surface area contributed by atoms with Gasteiger partial charge in [0.05, 0.1) is 21.8 Å². The Morgan fingerprint density at radius 3 is 2.31 bits per heavy atom. The van der Waals surface area contributed by atoms with E-state index in [4.69, 9.17) is 28.9 Å². The van der Waals surface area contributed by atoms with E-state index in [2.05, 4.69) is 11.8 Å². The van der Waals surface area contributed by atoms with Crippen molar-refractivity contribution in [3.8, 4) is 0 Å². The molecule has 0 aliphatic carbocycles. The molecule has 0 spiro atoms. The summed E-state index contributed by atoms with van der Waals surface area (Å²) >= 11 is 12.1. The van der Waals surface area contributed by atoms with Gasteiger partial charge in [-0.3, -0.25) is 0 Å². The molecule has 0 saturated heterocycles. The fourth-order valence-corrected chi connectivity index (χ4v) is 3.42. The third-order valence-corrected chi connectivity index (χ3v) is 4.94. The van der Waals surface area contributed by atoms with Gasteiger partial charge in [-0.25, -0.2) is 4.39 Å². The molecular formula is C20H25Cl2FN2O. The van der Waals surface area contributed by atoms with Crippen LogP contribution in [0.3, 0.4) is 0 Å². The Hall–Kier alpha value is -1.33. The molecule has 2 aromatic carbocycles. The summed E-state index contributed by atoms with van der Waals surface area (Å²) in [5.74, 6) is -0.217. The smallest absolute Gasteiger partial charge is 0.123 e. The summed E-state index contributed by atoms with van der Waals surface area (Å²) in [6.45, 7) is 4.33. The number of nitrogen functional groups attached to an aromatic ring is 1. The molecule has 142 valence electrons. The third kappa shape index (κ3) is 6.13. The number of aliphatic hydroxyl groups excluding tert-OH is 1. The first-order chi connectivity index (χ1) is 12.4. The summed E-state index contributed by atoms with van der Waals surface area (Å²) in [4.78, 5) is 2.21. The fourth-order valence-electron chi connectivity index (χ4n) is 2.91. The molecule has 3 N–H and O–H groups in total. The van der Waals surface area contributed by atoms with Crippen LogP contribution in [0.5, 0.6) is 0 Å². The van der Waals surface area contributed by atoms with E-state index in [1.165, 1.54) is 12.1 Å². The van der Waals surface area contributed by atoms with E-state index in [9.17, 15) is 9.50 Å². The van der Waals surface area contributed by atoms with Gasteiger partial charge in [0.25, 0.3) is 0 Å². The average Bonchev–Trinajstić information content (AvgIpc) is 2.61. The van der Waals surface area contributed by atoms with Crippen molar-refractivity contribution in [2.45, 2.75) is 32.3 Å². The molecule has 0 bridgehead atoms. The predicted octanol–water partition coefficient (Wildman–Crippen LogP) is 5.09. The van der Waals surface area contributed by atoms with Crippen LogP contribution in [0, 0.1) is 5.82 Å². The van der Waals surface area contributed by atoms with Crippen LogP contribution in [-0.2, 0) is 6.42 Å². The number of nitrogens with two attached hydrogens (primary N) is 1. The quantitative estimate of drug-likeness (QED) is 0.578. The zero-order chi connectivity index (χ0) is 19.1. The maximum atomic E-state index is 13.0. The van der Waals surface area contributed by atoms with Crippen LogP contribution in [0.2, 0.25) is 10.0 Å². The summed E-state index contributed by atoms with van der Waals surface area (Å²) in [5.41, 5.74) is 7.85. The second kappa shape index (κ2) is 10.1. The van der Waals surface area contributed by atoms with Crippen molar-refractivity contribution >= 4 is 28.9 Å². The van der Waals surface area contributed by atoms with Gasteiger partial charge in [0.2, 0.25) is 0 Å². The SMILES string of the molecule is CCCN(CCCc1ccc(F)cc1)CC(O)c1cc(Cl)c(N)c(Cl)c1. The molecule has 0 heterocycles. The van der Waals surface area contributed by atoms with Crippen molar-refractivity contribution in [1.29, 1.82) is 0 Å². The van der Waals surface area contributed by atoms with Crippen molar-refractivity contribution in [3.63, 3.8) is 0 Å². The zero-order valence-corrected chi connectivity index (χ0v) is 16.4. The molecule has 26 heavy (non-hydrogen) atoms. The molecule has 6 heteroatoms. The molecule has 3 nitrogen and oxygen atoms in total. The van der Waals surface area contributed by atoms with Crippen LogP contribution < -0.4 is 5.73 Å². The van der Waals surface area contributed by atoms with E-state index in [-0.39, 0.29) is 5.82 Å². The molecule has 2 rings (SSSR count). The first-order valence-corrected chi connectivity index (χ1v) is 9.55. The standard InChI is InChI=1S/C20H25Cl2FN2O/c1-2-9-25(10-3-4-14-5-7-16(23)8-6-14)13-19(26)15-11-17(21)20(24)18(22)12-15/h5-8,11-12,19,26H,2-4,9-10,13,24H2,1H3. The molecule has 0 saturated carbocycles. The van der Waals surface area contributed by atoms with Gasteiger partial charge in [0, 0.05) is 6.54 Å². The number of hydrogen-bond donors (Lipinski definition) is 2. The van der Waals surface area contributed by atoms with E-state index < -0.39 is 6.10 Å². The Bertz CT molecular complexity index is 686. The van der Waals surface area contributed by atoms with Gasteiger partial charge in [-0.1, -0.05) is 42.3 Å². The van der Waals surface area contributed by atoms with Crippen molar-refractivity contribution in [2.75, 3.05) is 25.4 Å². The highest BCUT2D eigenvalue weighted by molar-refractivity contribution is 6.38. The van der Waals surface area contributed by atoms with Gasteiger partial charge in [-0.2, -0.15) is 0 Å². The highest BCUT2D eigenvalue weighted by Gasteiger charge is 2.16. The van der Waals surface area contributed by atoms with E-state index in [0.717, 1.165) is 37.9 Å². The molecule has 2 aromatic rings. The van der Waals surface area contributed by atoms with Gasteiger partial charge in [0.15, 0.2) is 0 Å². The molecule has 1 unspecified atom stereocenters. The Balaban J connectivity index is 1.93. The monoisotopic (exact) mass is 398 g/mol. The molecule has 0 radical (unpaired) electrons. The Morgan fingerprint density at radius 1 is 1.12 bits per heavy atom. The Labute approximate surface area is 164 Å². The van der Waals surface area contributed by atoms with Crippen molar-refractivity contribution in [3.05, 3.63) is 63.4 Å². The van der Waals surface area contributed by atoms with Gasteiger partial charge in [0.1, 0.15) is 5.82 Å². The van der Waals surface area contributed by atoms with Crippen LogP contribution in [0.1, 0.15) is 37.0 Å². The van der Waals surface area contributed by atoms with Crippen LogP contribution in [0.25, 0.3) is 0 Å². The predicted molar refractivity (Wildman–Crippen MR) is 107 cm³/mol. The first kappa shape index (κ1) is 21.0. The van der Waals surface area contributed by atoms with Gasteiger partial charge in [-0.05, 0) is 67.7 Å². The number of halogens is 3. The minimum Gasteiger partial charge on any atom is -0.396 e. The van der Waals surface area contributed by atoms with Crippen LogP contribution in [0.15, 0.2) is 36.4 Å². The van der Waals surface area contributed by atoms with Crippen molar-refractivity contribution in [2.24, 2.45) is 0 Å². The summed E-state index contributed by atoms with van der Waals surface area (Å²) < 4.78 is 13.0. The van der Waals surface area contributed by atoms with Crippen LogP contribution in [-0.4, -0.2) is 29.6 Å². The van der Waals surface area contributed by atoms with E-state index in [0.29, 0.717) is 27.8 Å². The largest absolute Gasteiger partial charge is 0.396 e. The fraction of sp³-hybridized carbons (Fsp3) is 0.400. The Morgan fingerprint density at radius 2 is 1.73 bits per heavy atom. The molecule has 0 aliphatic rings. The van der Waals surface area contributed by atoms with Gasteiger partial charge < -0.3 is 15.7 Å². The highest BCUT2D eigenvalue weighted by Crippen LogP contribution is 2.31. The van der Waals surface area contributed by atoms with Crippen LogP contribution >= 0.6 is 23.2 Å². The first-order valence-electron chi connectivity index (χ1n) is 8.80. The number of rotatable bonds is 9. The molecular weight excluding hydrogens is 374 g/mol. The van der Waals surface area contributed by atoms with Gasteiger partial charge in [-0.15, -0.1) is 0 Å². The number of hydrogen-bond acceptors (Lipinski definition) is 3. The molecule has 0 aliphatic heterocycles. The summed E-state index contributed by atoms with van der Waals surface area (Å²) in [7, 11) is 0. The summed E-state index contributed by atoms with van der Waals surface area (Å²) in [6, 6.07) is 9.92. The number of nitrogens with zero attached hydrogens (tertiary/aromatic N) is 1. The van der Waals surface area contributed by atoms with Gasteiger partial charge >= 0.3 is 0 Å². The molecule has 0 fully saturated rings. The van der Waals surface area contributed by atoms with E-state index in [1.54, 1.807) is 12.1 Å². The highest BCUT2D eigenvalue weighted by atomic mass is 35.5. The number of aliphatic hydroxyl groups is 1. The minimum absolute atomic E-state index is 0.217. The van der Waals surface area contributed by atoms with E-state index >= 15 is 0 Å². The van der Waals surface area contributed by atoms with Crippen molar-refractivity contribution < 1.29 is 9.50 Å². The third-order valence-electron chi connectivity index (χ3n) is 4.31. The maximum Gasteiger partial charge on any atom is 0.123 e.